The summed E-state index contributed by atoms with van der Waals surface area (Å²) in [7, 11) is 0. The molecule has 3 amide bonds. The van der Waals surface area contributed by atoms with Gasteiger partial charge in [0, 0.05) is 41.0 Å². The summed E-state index contributed by atoms with van der Waals surface area (Å²) in [5.74, 6) is -0.498. The Morgan fingerprint density at radius 1 is 0.967 bits per heavy atom. The first kappa shape index (κ1) is 20.4. The van der Waals surface area contributed by atoms with Crippen LogP contribution in [0.1, 0.15) is 46.4 Å². The van der Waals surface area contributed by atoms with E-state index >= 15 is 0 Å². The van der Waals surface area contributed by atoms with Gasteiger partial charge in [-0.25, -0.2) is 0 Å². The lowest BCUT2D eigenvalue weighted by Gasteiger charge is -2.32. The highest BCUT2D eigenvalue weighted by molar-refractivity contribution is 6.30. The van der Waals surface area contributed by atoms with Gasteiger partial charge in [0.15, 0.2) is 0 Å². The number of nitrogens with zero attached hydrogens (tertiary/aromatic N) is 1. The van der Waals surface area contributed by atoms with Gasteiger partial charge in [-0.1, -0.05) is 17.7 Å². The van der Waals surface area contributed by atoms with Gasteiger partial charge in [-0.3, -0.25) is 14.4 Å². The fraction of sp³-hybridized carbons (Fsp3) is 0.348. The molecule has 2 N–H and O–H groups in total. The van der Waals surface area contributed by atoms with E-state index in [0.717, 1.165) is 25.7 Å². The number of hydrogen-bond acceptors (Lipinski definition) is 3. The summed E-state index contributed by atoms with van der Waals surface area (Å²) in [5.41, 5.74) is 1.52. The first-order valence-corrected chi connectivity index (χ1v) is 10.6. The minimum absolute atomic E-state index is 0.0546. The normalized spacial score (nSPS) is 18.6. The number of carbonyl (C=O) groups is 3. The van der Waals surface area contributed by atoms with Crippen molar-refractivity contribution in [1.29, 1.82) is 0 Å². The van der Waals surface area contributed by atoms with Crippen molar-refractivity contribution < 1.29 is 14.4 Å². The number of hydrogen-bond donors (Lipinski definition) is 2. The van der Waals surface area contributed by atoms with Crippen LogP contribution in [-0.2, 0) is 4.79 Å². The van der Waals surface area contributed by atoms with Crippen molar-refractivity contribution >= 4 is 35.0 Å². The van der Waals surface area contributed by atoms with Gasteiger partial charge in [0.25, 0.3) is 11.8 Å². The highest BCUT2D eigenvalue weighted by Gasteiger charge is 2.32. The third-order valence-corrected chi connectivity index (χ3v) is 5.73. The van der Waals surface area contributed by atoms with Crippen molar-refractivity contribution in [2.45, 2.75) is 31.7 Å². The maximum absolute atomic E-state index is 13.0. The largest absolute Gasteiger partial charge is 0.353 e. The summed E-state index contributed by atoms with van der Waals surface area (Å²) in [6, 6.07) is 13.8. The van der Waals surface area contributed by atoms with Crippen LogP contribution in [-0.4, -0.2) is 41.8 Å². The van der Waals surface area contributed by atoms with Crippen LogP contribution in [0.25, 0.3) is 0 Å². The lowest BCUT2D eigenvalue weighted by Crippen LogP contribution is -2.45. The average Bonchev–Trinajstić information content (AvgIpc) is 3.58. The van der Waals surface area contributed by atoms with Crippen molar-refractivity contribution in [2.24, 2.45) is 5.92 Å². The Bertz CT molecular complexity index is 956. The molecular weight excluding hydrogens is 402 g/mol. The summed E-state index contributed by atoms with van der Waals surface area (Å²) in [6.45, 7) is 1.06. The van der Waals surface area contributed by atoms with E-state index in [-0.39, 0.29) is 23.6 Å². The molecule has 0 unspecified atom stereocenters. The summed E-state index contributed by atoms with van der Waals surface area (Å²) in [4.78, 5) is 39.6. The molecule has 0 aromatic heterocycles. The van der Waals surface area contributed by atoms with E-state index in [1.54, 1.807) is 53.4 Å². The molecule has 6 nitrogen and oxygen atoms in total. The van der Waals surface area contributed by atoms with Gasteiger partial charge in [-0.05, 0) is 68.1 Å². The lowest BCUT2D eigenvalue weighted by atomic mass is 9.96. The fourth-order valence-electron chi connectivity index (χ4n) is 3.64. The number of rotatable bonds is 5. The minimum atomic E-state index is -0.272. The van der Waals surface area contributed by atoms with Crippen molar-refractivity contribution in [3.8, 4) is 0 Å². The number of anilines is 1. The molecule has 156 valence electrons. The zero-order chi connectivity index (χ0) is 21.1. The molecule has 1 aliphatic heterocycles. The van der Waals surface area contributed by atoms with Crippen molar-refractivity contribution in [1.82, 2.24) is 10.2 Å². The molecule has 2 fully saturated rings. The van der Waals surface area contributed by atoms with E-state index in [0.29, 0.717) is 41.0 Å². The Hall–Kier alpha value is -2.86. The molecule has 30 heavy (non-hydrogen) atoms. The van der Waals surface area contributed by atoms with Crippen LogP contribution in [0.5, 0.6) is 0 Å². The molecule has 1 atom stereocenters. The van der Waals surface area contributed by atoms with E-state index in [1.165, 1.54) is 0 Å². The van der Waals surface area contributed by atoms with Gasteiger partial charge in [-0.2, -0.15) is 0 Å². The predicted molar refractivity (Wildman–Crippen MR) is 116 cm³/mol. The molecule has 0 spiro atoms. The van der Waals surface area contributed by atoms with Crippen LogP contribution >= 0.6 is 11.6 Å². The molecule has 1 saturated carbocycles. The second-order valence-corrected chi connectivity index (χ2v) is 8.35. The van der Waals surface area contributed by atoms with Crippen LogP contribution in [0, 0.1) is 5.92 Å². The quantitative estimate of drug-likeness (QED) is 0.766. The summed E-state index contributed by atoms with van der Waals surface area (Å²) in [5, 5.41) is 6.41. The number of likely N-dealkylation sites (tertiary alicyclic amines) is 1. The van der Waals surface area contributed by atoms with Crippen molar-refractivity contribution in [2.75, 3.05) is 18.4 Å². The Morgan fingerprint density at radius 3 is 2.47 bits per heavy atom. The third kappa shape index (κ3) is 5.00. The molecule has 1 aliphatic carbocycles. The zero-order valence-electron chi connectivity index (χ0n) is 16.6. The smallest absolute Gasteiger partial charge is 0.255 e. The Morgan fingerprint density at radius 2 is 1.73 bits per heavy atom. The molecule has 0 radical (unpaired) electrons. The maximum Gasteiger partial charge on any atom is 0.255 e. The average molecular weight is 426 g/mol. The zero-order valence-corrected chi connectivity index (χ0v) is 17.3. The van der Waals surface area contributed by atoms with Gasteiger partial charge in [0.05, 0.1) is 5.92 Å². The minimum Gasteiger partial charge on any atom is -0.353 e. The van der Waals surface area contributed by atoms with E-state index in [2.05, 4.69) is 10.6 Å². The van der Waals surface area contributed by atoms with Gasteiger partial charge < -0.3 is 15.5 Å². The van der Waals surface area contributed by atoms with Crippen LogP contribution in [0.4, 0.5) is 5.69 Å². The van der Waals surface area contributed by atoms with Gasteiger partial charge in [0.2, 0.25) is 5.91 Å². The van der Waals surface area contributed by atoms with Gasteiger partial charge in [-0.15, -0.1) is 0 Å². The molecule has 4 rings (SSSR count). The SMILES string of the molecule is O=C(Nc1cccc(C(=O)N2CCC[C@@H](C(=O)NC3CC3)C2)c1)c1ccc(Cl)cc1. The molecule has 7 heteroatoms. The summed E-state index contributed by atoms with van der Waals surface area (Å²) < 4.78 is 0. The predicted octanol–water partition coefficient (Wildman–Crippen LogP) is 3.72. The molecule has 2 aromatic carbocycles. The number of piperidine rings is 1. The number of nitrogens with one attached hydrogen (secondary N) is 2. The van der Waals surface area contributed by atoms with Crippen molar-refractivity contribution in [3.05, 3.63) is 64.7 Å². The highest BCUT2D eigenvalue weighted by Crippen LogP contribution is 2.23. The van der Waals surface area contributed by atoms with Crippen LogP contribution in [0.15, 0.2) is 48.5 Å². The second-order valence-electron chi connectivity index (χ2n) is 7.92. The lowest BCUT2D eigenvalue weighted by molar-refractivity contribution is -0.126. The molecular formula is C23H24ClN3O3. The summed E-state index contributed by atoms with van der Waals surface area (Å²) in [6.07, 6.45) is 3.71. The highest BCUT2D eigenvalue weighted by atomic mass is 35.5. The Labute approximate surface area is 180 Å². The number of benzene rings is 2. The van der Waals surface area contributed by atoms with E-state index in [9.17, 15) is 14.4 Å². The number of amides is 3. The molecule has 2 aliphatic rings. The third-order valence-electron chi connectivity index (χ3n) is 5.48. The number of carbonyl (C=O) groups excluding carboxylic acids is 3. The Balaban J connectivity index is 1.41. The first-order valence-electron chi connectivity index (χ1n) is 10.3. The van der Waals surface area contributed by atoms with Crippen LogP contribution in [0.2, 0.25) is 5.02 Å². The maximum atomic E-state index is 13.0. The summed E-state index contributed by atoms with van der Waals surface area (Å²) >= 11 is 5.86. The van der Waals surface area contributed by atoms with E-state index < -0.39 is 0 Å². The molecule has 1 heterocycles. The standard InChI is InChI=1S/C23H24ClN3O3/c24-18-8-6-15(7-9-18)21(28)26-20-5-1-3-16(13-20)23(30)27-12-2-4-17(14-27)22(29)25-19-10-11-19/h1,3,5-9,13,17,19H,2,4,10-12,14H2,(H,25,29)(H,26,28)/t17-/m1/s1. The van der Waals surface area contributed by atoms with Crippen molar-refractivity contribution in [3.63, 3.8) is 0 Å². The molecule has 0 bridgehead atoms. The monoisotopic (exact) mass is 425 g/mol. The molecule has 1 saturated heterocycles. The number of halogens is 1. The molecule has 2 aromatic rings. The first-order chi connectivity index (χ1) is 14.5. The van der Waals surface area contributed by atoms with Crippen LogP contribution in [0.3, 0.4) is 0 Å². The van der Waals surface area contributed by atoms with E-state index in [4.69, 9.17) is 11.6 Å². The second kappa shape index (κ2) is 8.88. The Kier molecular flexibility index (Phi) is 6.04. The van der Waals surface area contributed by atoms with E-state index in [1.807, 2.05) is 0 Å². The van der Waals surface area contributed by atoms with Gasteiger partial charge in [0.1, 0.15) is 0 Å². The topological polar surface area (TPSA) is 78.5 Å². The van der Waals surface area contributed by atoms with Crippen LogP contribution < -0.4 is 10.6 Å². The van der Waals surface area contributed by atoms with Gasteiger partial charge >= 0.3 is 0 Å². The fourth-order valence-corrected chi connectivity index (χ4v) is 3.77.